The highest BCUT2D eigenvalue weighted by Gasteiger charge is 2.22. The Labute approximate surface area is 322 Å². The van der Waals surface area contributed by atoms with Crippen LogP contribution in [0.2, 0.25) is 0 Å². The van der Waals surface area contributed by atoms with Crippen molar-refractivity contribution in [1.29, 1.82) is 0 Å². The van der Waals surface area contributed by atoms with Crippen LogP contribution in [0.1, 0.15) is 0 Å². The third-order valence-electron chi connectivity index (χ3n) is 10.5. The van der Waals surface area contributed by atoms with Gasteiger partial charge < -0.3 is 8.83 Å². The molecule has 3 aromatic heterocycles. The Morgan fingerprint density at radius 3 is 1.46 bits per heavy atom. The number of hydrogen-bond donors (Lipinski definition) is 0. The number of rotatable bonds is 6. The van der Waals surface area contributed by atoms with Gasteiger partial charge >= 0.3 is 0 Å². The van der Waals surface area contributed by atoms with Crippen LogP contribution in [0.5, 0.6) is 0 Å². The van der Waals surface area contributed by atoms with Crippen LogP contribution in [-0.4, -0.2) is 15.0 Å². The smallest absolute Gasteiger partial charge is 0.164 e. The van der Waals surface area contributed by atoms with Crippen molar-refractivity contribution in [1.82, 2.24) is 15.0 Å². The lowest BCUT2D eigenvalue weighted by atomic mass is 9.95. The number of fused-ring (bicyclic) bond motifs is 6. The maximum absolute atomic E-state index is 6.75. The Balaban J connectivity index is 1.15. The van der Waals surface area contributed by atoms with Gasteiger partial charge in [0.1, 0.15) is 22.3 Å². The molecule has 0 amide bonds. The van der Waals surface area contributed by atoms with E-state index < -0.39 is 0 Å². The molecule has 0 unspecified atom stereocenters. The van der Waals surface area contributed by atoms with E-state index in [2.05, 4.69) is 103 Å². The van der Waals surface area contributed by atoms with E-state index in [-0.39, 0.29) is 0 Å². The monoisotopic (exact) mass is 717 g/mol. The summed E-state index contributed by atoms with van der Waals surface area (Å²) in [6.07, 6.45) is 0. The minimum atomic E-state index is 0.569. The van der Waals surface area contributed by atoms with Crippen molar-refractivity contribution in [2.45, 2.75) is 0 Å². The third-order valence-corrected chi connectivity index (χ3v) is 10.5. The summed E-state index contributed by atoms with van der Waals surface area (Å²) in [7, 11) is 0. The van der Waals surface area contributed by atoms with Crippen molar-refractivity contribution in [2.24, 2.45) is 0 Å². The third kappa shape index (κ3) is 5.45. The molecule has 0 aliphatic heterocycles. The summed E-state index contributed by atoms with van der Waals surface area (Å²) in [5, 5.41) is 4.10. The average Bonchev–Trinajstić information content (AvgIpc) is 3.85. The topological polar surface area (TPSA) is 65.0 Å². The first kappa shape index (κ1) is 31.9. The van der Waals surface area contributed by atoms with Crippen molar-refractivity contribution in [3.63, 3.8) is 0 Å². The summed E-state index contributed by atoms with van der Waals surface area (Å²) in [5.74, 6) is 1.75. The van der Waals surface area contributed by atoms with E-state index >= 15 is 0 Å². The van der Waals surface area contributed by atoms with Gasteiger partial charge in [-0.2, -0.15) is 0 Å². The zero-order valence-corrected chi connectivity index (χ0v) is 30.1. The highest BCUT2D eigenvalue weighted by atomic mass is 16.3. The van der Waals surface area contributed by atoms with Crippen molar-refractivity contribution in [3.8, 4) is 67.5 Å². The zero-order chi connectivity index (χ0) is 37.0. The maximum Gasteiger partial charge on any atom is 0.164 e. The van der Waals surface area contributed by atoms with E-state index in [1.165, 1.54) is 0 Å². The maximum atomic E-state index is 6.75. The van der Waals surface area contributed by atoms with Gasteiger partial charge in [-0.05, 0) is 82.4 Å². The van der Waals surface area contributed by atoms with Crippen LogP contribution in [0.4, 0.5) is 0 Å². The fourth-order valence-corrected chi connectivity index (χ4v) is 7.83. The molecule has 56 heavy (non-hydrogen) atoms. The van der Waals surface area contributed by atoms with Crippen LogP contribution in [0.15, 0.2) is 197 Å². The van der Waals surface area contributed by atoms with Crippen molar-refractivity contribution in [2.75, 3.05) is 0 Å². The van der Waals surface area contributed by atoms with Gasteiger partial charge in [0, 0.05) is 43.8 Å². The van der Waals surface area contributed by atoms with Crippen LogP contribution >= 0.6 is 0 Å². The van der Waals surface area contributed by atoms with Crippen LogP contribution in [0.25, 0.3) is 111 Å². The minimum absolute atomic E-state index is 0.569. The van der Waals surface area contributed by atoms with Gasteiger partial charge in [-0.3, -0.25) is 0 Å². The molecular formula is C51H31N3O2. The summed E-state index contributed by atoms with van der Waals surface area (Å²) >= 11 is 0. The van der Waals surface area contributed by atoms with E-state index in [1.54, 1.807) is 0 Å². The molecule has 0 fully saturated rings. The summed E-state index contributed by atoms with van der Waals surface area (Å²) in [5.41, 5.74) is 12.4. The number of aromatic nitrogens is 3. The van der Waals surface area contributed by atoms with Gasteiger partial charge in [0.05, 0.1) is 0 Å². The molecule has 0 saturated carbocycles. The van der Waals surface area contributed by atoms with E-state index in [9.17, 15) is 0 Å². The molecule has 11 rings (SSSR count). The molecule has 0 spiro atoms. The lowest BCUT2D eigenvalue weighted by molar-refractivity contribution is 0.668. The molecule has 0 aliphatic carbocycles. The van der Waals surface area contributed by atoms with Crippen molar-refractivity contribution < 1.29 is 8.83 Å². The second-order valence-corrected chi connectivity index (χ2v) is 14.0. The number of para-hydroxylation sites is 2. The first-order chi connectivity index (χ1) is 27.7. The summed E-state index contributed by atoms with van der Waals surface area (Å²) in [4.78, 5) is 15.6. The molecule has 0 atom stereocenters. The molecule has 5 heteroatoms. The Hall–Kier alpha value is -7.63. The molecule has 8 aromatic carbocycles. The van der Waals surface area contributed by atoms with E-state index in [0.29, 0.717) is 17.5 Å². The molecule has 11 aromatic rings. The first-order valence-corrected chi connectivity index (χ1v) is 18.7. The van der Waals surface area contributed by atoms with Crippen molar-refractivity contribution in [3.05, 3.63) is 188 Å². The molecule has 0 bridgehead atoms. The van der Waals surface area contributed by atoms with E-state index in [4.69, 9.17) is 23.8 Å². The number of hydrogen-bond acceptors (Lipinski definition) is 5. The van der Waals surface area contributed by atoms with E-state index in [0.717, 1.165) is 93.9 Å². The van der Waals surface area contributed by atoms with Crippen LogP contribution < -0.4 is 0 Å². The molecule has 262 valence electrons. The predicted octanol–water partition coefficient (Wildman–Crippen LogP) is 13.7. The summed E-state index contributed by atoms with van der Waals surface area (Å²) in [6.45, 7) is 0. The van der Waals surface area contributed by atoms with Crippen LogP contribution in [-0.2, 0) is 0 Å². The Morgan fingerprint density at radius 1 is 0.286 bits per heavy atom. The highest BCUT2D eigenvalue weighted by Crippen LogP contribution is 2.43. The molecule has 5 nitrogen and oxygen atoms in total. The fourth-order valence-electron chi connectivity index (χ4n) is 7.83. The fraction of sp³-hybridized carbons (Fsp3) is 0. The lowest BCUT2D eigenvalue weighted by Crippen LogP contribution is -2.01. The van der Waals surface area contributed by atoms with Gasteiger partial charge in [-0.1, -0.05) is 133 Å². The minimum Gasteiger partial charge on any atom is -0.456 e. The highest BCUT2D eigenvalue weighted by molar-refractivity contribution is 6.16. The molecule has 3 heterocycles. The van der Waals surface area contributed by atoms with Crippen molar-refractivity contribution >= 4 is 43.9 Å². The van der Waals surface area contributed by atoms with Crippen LogP contribution in [0, 0.1) is 0 Å². The molecule has 0 radical (unpaired) electrons. The normalized spacial score (nSPS) is 11.6. The van der Waals surface area contributed by atoms with E-state index in [1.807, 2.05) is 84.9 Å². The van der Waals surface area contributed by atoms with Gasteiger partial charge in [0.2, 0.25) is 0 Å². The second-order valence-electron chi connectivity index (χ2n) is 14.0. The first-order valence-electron chi connectivity index (χ1n) is 18.7. The Morgan fingerprint density at radius 2 is 0.786 bits per heavy atom. The standard InChI is InChI=1S/C51H31N3O2/c1-4-14-32(15-5-1)36-28-37(33-16-6-2-7-17-33)30-38(29-36)50-52-49(34-18-8-3-9-19-34)53-51(54-50)42-26-25-39(48-47(42)41-21-11-13-23-45(41)56-48)35-24-27-46-43(31-35)40-20-10-12-22-44(40)55-46/h1-31H. The Bertz CT molecular complexity index is 3180. The summed E-state index contributed by atoms with van der Waals surface area (Å²) in [6, 6.07) is 64.5. The largest absolute Gasteiger partial charge is 0.456 e. The predicted molar refractivity (Wildman–Crippen MR) is 227 cm³/mol. The van der Waals surface area contributed by atoms with Gasteiger partial charge in [0.25, 0.3) is 0 Å². The second kappa shape index (κ2) is 13.0. The number of benzene rings is 8. The molecular weight excluding hydrogens is 687 g/mol. The Kier molecular flexibility index (Phi) is 7.42. The average molecular weight is 718 g/mol. The molecule has 0 N–H and O–H groups in total. The van der Waals surface area contributed by atoms with Crippen LogP contribution in [0.3, 0.4) is 0 Å². The number of furan rings is 2. The van der Waals surface area contributed by atoms with Gasteiger partial charge in [-0.25, -0.2) is 15.0 Å². The quantitative estimate of drug-likeness (QED) is 0.171. The number of nitrogens with zero attached hydrogens (tertiary/aromatic N) is 3. The SMILES string of the molecule is c1ccc(-c2cc(-c3ccccc3)cc(-c3nc(-c4ccccc4)nc(-c4ccc(-c5ccc6oc7ccccc7c6c5)c5oc6ccccc6c45)n3)c2)cc1. The molecule has 0 saturated heterocycles. The molecule has 0 aliphatic rings. The lowest BCUT2D eigenvalue weighted by Gasteiger charge is -2.13. The summed E-state index contributed by atoms with van der Waals surface area (Å²) < 4.78 is 12.9. The van der Waals surface area contributed by atoms with Gasteiger partial charge in [0.15, 0.2) is 17.5 Å². The van der Waals surface area contributed by atoms with Gasteiger partial charge in [-0.15, -0.1) is 0 Å². The zero-order valence-electron chi connectivity index (χ0n) is 30.1.